The lowest BCUT2D eigenvalue weighted by Crippen LogP contribution is -1.96. The van der Waals surface area contributed by atoms with Crippen molar-refractivity contribution in [3.8, 4) is 0 Å². The topological polar surface area (TPSA) is 0 Å². The van der Waals surface area contributed by atoms with E-state index in [1.54, 1.807) is 0 Å². The standard InChI is InChI=1S/C26H14Br2/c27-11-17-9-15-3-4-16-10-18(12-28)20-8-6-14-2-1-13-5-7-19(17)25-21(13)22(14)26(20)24(16)23(15)25/h1-10H,11-12H2. The van der Waals surface area contributed by atoms with Crippen LogP contribution in [0.3, 0.4) is 0 Å². The molecular formula is C26H14Br2. The number of rotatable bonds is 2. The third-order valence-corrected chi connectivity index (χ3v) is 7.78. The number of benzene rings is 7. The summed E-state index contributed by atoms with van der Waals surface area (Å²) >= 11 is 7.46. The average molecular weight is 486 g/mol. The molecule has 7 rings (SSSR count). The van der Waals surface area contributed by atoms with E-state index < -0.39 is 0 Å². The van der Waals surface area contributed by atoms with Crippen molar-refractivity contribution in [2.24, 2.45) is 0 Å². The van der Waals surface area contributed by atoms with Crippen LogP contribution in [-0.4, -0.2) is 0 Å². The number of hydrogen-bond donors (Lipinski definition) is 0. The molecule has 7 aromatic rings. The van der Waals surface area contributed by atoms with Crippen LogP contribution in [0.2, 0.25) is 0 Å². The molecule has 0 unspecified atom stereocenters. The van der Waals surface area contributed by atoms with Crippen LogP contribution in [-0.2, 0) is 10.7 Å². The highest BCUT2D eigenvalue weighted by atomic mass is 79.9. The minimum absolute atomic E-state index is 0.874. The van der Waals surface area contributed by atoms with Crippen molar-refractivity contribution < 1.29 is 0 Å². The Labute approximate surface area is 178 Å². The third-order valence-electron chi connectivity index (χ3n) is 6.58. The maximum atomic E-state index is 3.73. The minimum Gasteiger partial charge on any atom is -0.0876 e. The molecule has 0 atom stereocenters. The second kappa shape index (κ2) is 5.25. The zero-order chi connectivity index (χ0) is 18.6. The van der Waals surface area contributed by atoms with Crippen LogP contribution in [0.25, 0.3) is 64.6 Å². The quantitative estimate of drug-likeness (QED) is 0.130. The molecule has 0 N–H and O–H groups in total. The fourth-order valence-corrected chi connectivity index (χ4v) is 6.38. The van der Waals surface area contributed by atoms with E-state index in [0.717, 1.165) is 10.7 Å². The Kier molecular flexibility index (Phi) is 2.95. The number of hydrogen-bond acceptors (Lipinski definition) is 0. The number of halogens is 2. The van der Waals surface area contributed by atoms with Crippen molar-refractivity contribution in [3.63, 3.8) is 0 Å². The van der Waals surface area contributed by atoms with E-state index >= 15 is 0 Å². The highest BCUT2D eigenvalue weighted by Crippen LogP contribution is 2.49. The maximum absolute atomic E-state index is 3.73. The van der Waals surface area contributed by atoms with Gasteiger partial charge in [0.15, 0.2) is 0 Å². The van der Waals surface area contributed by atoms with Gasteiger partial charge in [0.05, 0.1) is 0 Å². The fraction of sp³-hybridized carbons (Fsp3) is 0.0769. The van der Waals surface area contributed by atoms with E-state index in [1.807, 2.05) is 0 Å². The average Bonchev–Trinajstić information content (AvgIpc) is 2.76. The second-order valence-corrected chi connectivity index (χ2v) is 8.96. The Balaban J connectivity index is 2.00. The largest absolute Gasteiger partial charge is 0.0876 e. The first-order valence-corrected chi connectivity index (χ1v) is 11.8. The summed E-state index contributed by atoms with van der Waals surface area (Å²) in [4.78, 5) is 0. The van der Waals surface area contributed by atoms with Gasteiger partial charge in [-0.05, 0) is 87.9 Å². The summed E-state index contributed by atoms with van der Waals surface area (Å²) in [5.74, 6) is 0. The van der Waals surface area contributed by atoms with Gasteiger partial charge in [-0.15, -0.1) is 0 Å². The van der Waals surface area contributed by atoms with Crippen LogP contribution >= 0.6 is 31.9 Å². The maximum Gasteiger partial charge on any atom is 0.0289 e. The smallest absolute Gasteiger partial charge is 0.0289 e. The molecule has 132 valence electrons. The number of alkyl halides is 2. The molecule has 0 aliphatic rings. The summed E-state index contributed by atoms with van der Waals surface area (Å²) in [6, 6.07) is 23.2. The summed E-state index contributed by atoms with van der Waals surface area (Å²) < 4.78 is 0. The normalized spacial score (nSPS) is 12.9. The van der Waals surface area contributed by atoms with Crippen molar-refractivity contribution in [2.45, 2.75) is 10.7 Å². The summed E-state index contributed by atoms with van der Waals surface area (Å²) in [5, 5.41) is 18.5. The Morgan fingerprint density at radius 3 is 1.21 bits per heavy atom. The molecule has 7 aromatic carbocycles. The first-order chi connectivity index (χ1) is 13.8. The summed E-state index contributed by atoms with van der Waals surface area (Å²) in [6.07, 6.45) is 0. The van der Waals surface area contributed by atoms with Gasteiger partial charge in [-0.3, -0.25) is 0 Å². The molecule has 0 aromatic heterocycles. The van der Waals surface area contributed by atoms with E-state index in [0.29, 0.717) is 0 Å². The van der Waals surface area contributed by atoms with Crippen LogP contribution in [0.15, 0.2) is 60.7 Å². The Hall–Kier alpha value is -2.16. The van der Waals surface area contributed by atoms with Crippen LogP contribution in [0.5, 0.6) is 0 Å². The highest BCUT2D eigenvalue weighted by Gasteiger charge is 2.22. The lowest BCUT2D eigenvalue weighted by atomic mass is 9.81. The molecule has 0 fully saturated rings. The summed E-state index contributed by atoms with van der Waals surface area (Å²) in [6.45, 7) is 0. The molecule has 0 amide bonds. The predicted octanol–water partition coefficient (Wildman–Crippen LogP) is 8.71. The van der Waals surface area contributed by atoms with E-state index in [1.165, 1.54) is 75.8 Å². The van der Waals surface area contributed by atoms with Crippen LogP contribution in [0.4, 0.5) is 0 Å². The van der Waals surface area contributed by atoms with E-state index in [4.69, 9.17) is 0 Å². The Morgan fingerprint density at radius 2 is 0.786 bits per heavy atom. The monoisotopic (exact) mass is 484 g/mol. The van der Waals surface area contributed by atoms with Crippen molar-refractivity contribution in [2.75, 3.05) is 0 Å². The molecule has 2 heteroatoms. The van der Waals surface area contributed by atoms with Crippen LogP contribution in [0.1, 0.15) is 11.1 Å². The Morgan fingerprint density at radius 1 is 0.429 bits per heavy atom. The van der Waals surface area contributed by atoms with Gasteiger partial charge in [0.1, 0.15) is 0 Å². The molecule has 0 aliphatic carbocycles. The Bertz CT molecular complexity index is 1530. The molecule has 0 nitrogen and oxygen atoms in total. The van der Waals surface area contributed by atoms with Gasteiger partial charge < -0.3 is 0 Å². The SMILES string of the molecule is BrCc1cc2ccc3cc(CBr)c4ccc5ccc6ccc1c1c6c5c4c3c21. The van der Waals surface area contributed by atoms with Gasteiger partial charge in [0, 0.05) is 10.7 Å². The van der Waals surface area contributed by atoms with Gasteiger partial charge >= 0.3 is 0 Å². The van der Waals surface area contributed by atoms with Gasteiger partial charge in [0.25, 0.3) is 0 Å². The first kappa shape index (κ1) is 15.7. The lowest BCUT2D eigenvalue weighted by molar-refractivity contribution is 1.51. The molecule has 0 radical (unpaired) electrons. The second-order valence-electron chi connectivity index (χ2n) is 7.84. The molecule has 0 bridgehead atoms. The lowest BCUT2D eigenvalue weighted by Gasteiger charge is -2.22. The molecule has 0 saturated heterocycles. The van der Waals surface area contributed by atoms with Crippen LogP contribution < -0.4 is 0 Å². The molecule has 28 heavy (non-hydrogen) atoms. The minimum atomic E-state index is 0.874. The fourth-order valence-electron chi connectivity index (χ4n) is 5.45. The zero-order valence-corrected chi connectivity index (χ0v) is 18.1. The van der Waals surface area contributed by atoms with Gasteiger partial charge in [0.2, 0.25) is 0 Å². The molecule has 0 heterocycles. The van der Waals surface area contributed by atoms with Crippen molar-refractivity contribution in [3.05, 3.63) is 71.8 Å². The summed E-state index contributed by atoms with van der Waals surface area (Å²) in [5.41, 5.74) is 2.74. The molecule has 0 saturated carbocycles. The van der Waals surface area contributed by atoms with Crippen LogP contribution in [0, 0.1) is 0 Å². The zero-order valence-electron chi connectivity index (χ0n) is 14.9. The molecular weight excluding hydrogens is 472 g/mol. The van der Waals surface area contributed by atoms with E-state index in [-0.39, 0.29) is 0 Å². The molecule has 0 aliphatic heterocycles. The van der Waals surface area contributed by atoms with Crippen molar-refractivity contribution in [1.29, 1.82) is 0 Å². The van der Waals surface area contributed by atoms with Gasteiger partial charge in [-0.1, -0.05) is 80.4 Å². The summed E-state index contributed by atoms with van der Waals surface area (Å²) in [7, 11) is 0. The van der Waals surface area contributed by atoms with E-state index in [9.17, 15) is 0 Å². The highest BCUT2D eigenvalue weighted by molar-refractivity contribution is 9.08. The van der Waals surface area contributed by atoms with E-state index in [2.05, 4.69) is 92.5 Å². The van der Waals surface area contributed by atoms with Crippen molar-refractivity contribution in [1.82, 2.24) is 0 Å². The van der Waals surface area contributed by atoms with Crippen molar-refractivity contribution >= 4 is 96.5 Å². The van der Waals surface area contributed by atoms with Gasteiger partial charge in [-0.2, -0.15) is 0 Å². The van der Waals surface area contributed by atoms with Gasteiger partial charge in [-0.25, -0.2) is 0 Å². The first-order valence-electron chi connectivity index (χ1n) is 9.54. The molecule has 0 spiro atoms. The predicted molar refractivity (Wildman–Crippen MR) is 130 cm³/mol. The third kappa shape index (κ3) is 1.69.